The van der Waals surface area contributed by atoms with Crippen molar-refractivity contribution in [1.29, 1.82) is 0 Å². The molecule has 0 bridgehead atoms. The number of benzene rings is 2. The fourth-order valence-corrected chi connectivity index (χ4v) is 3.29. The summed E-state index contributed by atoms with van der Waals surface area (Å²) in [4.78, 5) is -0.0773. The van der Waals surface area contributed by atoms with E-state index in [4.69, 9.17) is 11.6 Å². The van der Waals surface area contributed by atoms with Crippen molar-refractivity contribution < 1.29 is 12.8 Å². The van der Waals surface area contributed by atoms with E-state index in [9.17, 15) is 12.8 Å². The van der Waals surface area contributed by atoms with Crippen LogP contribution in [0.25, 0.3) is 0 Å². The molecule has 106 valence electrons. The third-order valence-corrected chi connectivity index (χ3v) is 4.56. The number of anilines is 1. The SMILES string of the molecule is Cc1cccc(C)c1NS(=O)(=O)c1ccc(F)c(Cl)c1. The van der Waals surface area contributed by atoms with Gasteiger partial charge in [0.2, 0.25) is 0 Å². The van der Waals surface area contributed by atoms with Crippen LogP contribution in [-0.2, 0) is 10.0 Å². The number of para-hydroxylation sites is 1. The quantitative estimate of drug-likeness (QED) is 0.934. The average molecular weight is 314 g/mol. The molecular weight excluding hydrogens is 301 g/mol. The summed E-state index contributed by atoms with van der Waals surface area (Å²) in [7, 11) is -3.80. The molecule has 2 aromatic carbocycles. The maximum absolute atomic E-state index is 13.1. The Bertz CT molecular complexity index is 740. The van der Waals surface area contributed by atoms with Crippen molar-refractivity contribution in [2.75, 3.05) is 4.72 Å². The van der Waals surface area contributed by atoms with Gasteiger partial charge in [-0.1, -0.05) is 29.8 Å². The molecule has 0 amide bonds. The fourth-order valence-electron chi connectivity index (χ4n) is 1.81. The Kier molecular flexibility index (Phi) is 4.01. The lowest BCUT2D eigenvalue weighted by atomic mass is 10.1. The first-order chi connectivity index (χ1) is 9.31. The zero-order valence-corrected chi connectivity index (χ0v) is 12.5. The molecule has 0 heterocycles. The molecule has 0 aliphatic rings. The van der Waals surface area contributed by atoms with E-state index in [-0.39, 0.29) is 9.92 Å². The van der Waals surface area contributed by atoms with Crippen molar-refractivity contribution in [3.63, 3.8) is 0 Å². The van der Waals surface area contributed by atoms with Crippen LogP contribution in [0.2, 0.25) is 5.02 Å². The first-order valence-electron chi connectivity index (χ1n) is 5.85. The number of halogens is 2. The van der Waals surface area contributed by atoms with Gasteiger partial charge in [0.1, 0.15) is 5.82 Å². The van der Waals surface area contributed by atoms with Crippen molar-refractivity contribution in [3.8, 4) is 0 Å². The van der Waals surface area contributed by atoms with Crippen molar-refractivity contribution in [1.82, 2.24) is 0 Å². The molecule has 0 fully saturated rings. The van der Waals surface area contributed by atoms with Crippen LogP contribution in [0.4, 0.5) is 10.1 Å². The first-order valence-corrected chi connectivity index (χ1v) is 7.71. The Morgan fingerprint density at radius 2 is 1.70 bits per heavy atom. The molecule has 0 aliphatic heterocycles. The van der Waals surface area contributed by atoms with E-state index >= 15 is 0 Å². The summed E-state index contributed by atoms with van der Waals surface area (Å²) in [5.74, 6) is -0.655. The number of rotatable bonds is 3. The average Bonchev–Trinajstić information content (AvgIpc) is 2.37. The summed E-state index contributed by atoms with van der Waals surface area (Å²) in [6, 6.07) is 8.76. The summed E-state index contributed by atoms with van der Waals surface area (Å²) in [5, 5.41) is -0.227. The largest absolute Gasteiger partial charge is 0.279 e. The van der Waals surface area contributed by atoms with Gasteiger partial charge in [0, 0.05) is 0 Å². The van der Waals surface area contributed by atoms with Crippen LogP contribution in [0.5, 0.6) is 0 Å². The fraction of sp³-hybridized carbons (Fsp3) is 0.143. The van der Waals surface area contributed by atoms with Crippen molar-refractivity contribution in [2.45, 2.75) is 18.7 Å². The molecule has 3 nitrogen and oxygen atoms in total. The Hall–Kier alpha value is -1.59. The number of hydrogen-bond donors (Lipinski definition) is 1. The smallest absolute Gasteiger partial charge is 0.261 e. The van der Waals surface area contributed by atoms with Crippen LogP contribution < -0.4 is 4.72 Å². The highest BCUT2D eigenvalue weighted by molar-refractivity contribution is 7.92. The van der Waals surface area contributed by atoms with E-state index in [1.54, 1.807) is 0 Å². The standard InChI is InChI=1S/C14H13ClFNO2S/c1-9-4-3-5-10(2)14(9)17-20(18,19)11-6-7-13(16)12(15)8-11/h3-8,17H,1-2H3. The van der Waals surface area contributed by atoms with Gasteiger partial charge < -0.3 is 0 Å². The van der Waals surface area contributed by atoms with Gasteiger partial charge >= 0.3 is 0 Å². The van der Waals surface area contributed by atoms with Crippen molar-refractivity contribution in [2.24, 2.45) is 0 Å². The Labute approximate surface area is 122 Å². The Balaban J connectivity index is 2.43. The first kappa shape index (κ1) is 14.8. The highest BCUT2D eigenvalue weighted by Crippen LogP contribution is 2.25. The second kappa shape index (κ2) is 5.42. The molecule has 0 aromatic heterocycles. The molecule has 2 aromatic rings. The maximum Gasteiger partial charge on any atom is 0.261 e. The summed E-state index contributed by atoms with van der Waals surface area (Å²) >= 11 is 5.62. The zero-order valence-electron chi connectivity index (χ0n) is 10.9. The summed E-state index contributed by atoms with van der Waals surface area (Å²) in [6.07, 6.45) is 0. The predicted molar refractivity (Wildman–Crippen MR) is 78.1 cm³/mol. The summed E-state index contributed by atoms with van der Waals surface area (Å²) in [5.41, 5.74) is 2.14. The van der Waals surface area contributed by atoms with Crippen LogP contribution in [0.3, 0.4) is 0 Å². The molecule has 0 saturated heterocycles. The molecule has 1 N–H and O–H groups in total. The molecule has 6 heteroatoms. The molecule has 20 heavy (non-hydrogen) atoms. The monoisotopic (exact) mass is 313 g/mol. The lowest BCUT2D eigenvalue weighted by molar-refractivity contribution is 0.599. The Morgan fingerprint density at radius 1 is 1.10 bits per heavy atom. The van der Waals surface area contributed by atoms with Crippen molar-refractivity contribution in [3.05, 3.63) is 58.4 Å². The van der Waals surface area contributed by atoms with Gasteiger partial charge in [0.25, 0.3) is 10.0 Å². The van der Waals surface area contributed by atoms with Crippen LogP contribution in [-0.4, -0.2) is 8.42 Å². The minimum Gasteiger partial charge on any atom is -0.279 e. The predicted octanol–water partition coefficient (Wildman–Crippen LogP) is 3.90. The highest BCUT2D eigenvalue weighted by Gasteiger charge is 2.17. The number of sulfonamides is 1. The minimum absolute atomic E-state index is 0.0773. The highest BCUT2D eigenvalue weighted by atomic mass is 35.5. The lowest BCUT2D eigenvalue weighted by Gasteiger charge is -2.13. The van der Waals surface area contributed by atoms with Gasteiger partial charge in [-0.2, -0.15) is 0 Å². The molecule has 0 saturated carbocycles. The molecule has 0 radical (unpaired) electrons. The van der Waals surface area contributed by atoms with E-state index in [0.717, 1.165) is 23.3 Å². The maximum atomic E-state index is 13.1. The third-order valence-electron chi connectivity index (χ3n) is 2.92. The molecule has 0 spiro atoms. The van der Waals surface area contributed by atoms with Crippen LogP contribution in [0, 0.1) is 19.7 Å². The lowest BCUT2D eigenvalue weighted by Crippen LogP contribution is -2.14. The van der Waals surface area contributed by atoms with Crippen molar-refractivity contribution >= 4 is 27.3 Å². The summed E-state index contributed by atoms with van der Waals surface area (Å²) < 4.78 is 40.2. The van der Waals surface area contributed by atoms with Crippen LogP contribution in [0.1, 0.15) is 11.1 Å². The topological polar surface area (TPSA) is 46.2 Å². The molecule has 2 rings (SSSR count). The van der Waals surface area contributed by atoms with E-state index in [0.29, 0.717) is 5.69 Å². The number of hydrogen-bond acceptors (Lipinski definition) is 2. The van der Waals surface area contributed by atoms with Gasteiger partial charge in [-0.15, -0.1) is 0 Å². The van der Waals surface area contributed by atoms with Gasteiger partial charge in [0.05, 0.1) is 15.6 Å². The van der Waals surface area contributed by atoms with E-state index < -0.39 is 15.8 Å². The molecule has 0 aliphatic carbocycles. The van der Waals surface area contributed by atoms with Gasteiger partial charge in [-0.25, -0.2) is 12.8 Å². The van der Waals surface area contributed by atoms with E-state index in [1.165, 1.54) is 6.07 Å². The molecule has 0 unspecified atom stereocenters. The van der Waals surface area contributed by atoms with Crippen LogP contribution in [0.15, 0.2) is 41.3 Å². The molecule has 0 atom stereocenters. The molecular formula is C14H13ClFNO2S. The minimum atomic E-state index is -3.80. The number of aryl methyl sites for hydroxylation is 2. The normalized spacial score (nSPS) is 11.4. The zero-order chi connectivity index (χ0) is 14.9. The van der Waals surface area contributed by atoms with E-state index in [2.05, 4.69) is 4.72 Å². The van der Waals surface area contributed by atoms with Gasteiger partial charge in [-0.3, -0.25) is 4.72 Å². The summed E-state index contributed by atoms with van der Waals surface area (Å²) in [6.45, 7) is 3.62. The number of nitrogens with one attached hydrogen (secondary N) is 1. The second-order valence-electron chi connectivity index (χ2n) is 4.45. The van der Waals surface area contributed by atoms with Gasteiger partial charge in [-0.05, 0) is 43.2 Å². The Morgan fingerprint density at radius 3 is 2.25 bits per heavy atom. The second-order valence-corrected chi connectivity index (χ2v) is 6.54. The van der Waals surface area contributed by atoms with E-state index in [1.807, 2.05) is 32.0 Å². The van der Waals surface area contributed by atoms with Gasteiger partial charge in [0.15, 0.2) is 0 Å². The van der Waals surface area contributed by atoms with Crippen LogP contribution >= 0.6 is 11.6 Å². The third kappa shape index (κ3) is 2.94.